The Labute approximate surface area is 171 Å². The number of rotatable bonds is 5. The molecule has 0 aliphatic carbocycles. The zero-order valence-electron chi connectivity index (χ0n) is 17.4. The lowest BCUT2D eigenvalue weighted by Crippen LogP contribution is -2.31. The molecule has 1 aromatic carbocycles. The van der Waals surface area contributed by atoms with Gasteiger partial charge in [-0.3, -0.25) is 9.69 Å². The Morgan fingerprint density at radius 3 is 2.55 bits per heavy atom. The summed E-state index contributed by atoms with van der Waals surface area (Å²) in [5.41, 5.74) is 1.06. The summed E-state index contributed by atoms with van der Waals surface area (Å²) in [6, 6.07) is 5.94. The van der Waals surface area contributed by atoms with Crippen LogP contribution in [0.2, 0.25) is 0 Å². The summed E-state index contributed by atoms with van der Waals surface area (Å²) in [5, 5.41) is 8.94. The van der Waals surface area contributed by atoms with Crippen LogP contribution >= 0.6 is 0 Å². The first-order valence-corrected chi connectivity index (χ1v) is 10.2. The van der Waals surface area contributed by atoms with Crippen LogP contribution in [0, 0.1) is 0 Å². The zero-order chi connectivity index (χ0) is 20.4. The molecule has 3 heterocycles. The molecule has 2 aliphatic heterocycles. The van der Waals surface area contributed by atoms with Crippen LogP contribution in [0.25, 0.3) is 0 Å². The molecule has 8 nitrogen and oxygen atoms in total. The third kappa shape index (κ3) is 3.81. The summed E-state index contributed by atoms with van der Waals surface area (Å²) in [5.74, 6) is 3.74. The van der Waals surface area contributed by atoms with E-state index in [9.17, 15) is 4.79 Å². The van der Waals surface area contributed by atoms with Gasteiger partial charge in [0.05, 0.1) is 25.8 Å². The molecule has 0 unspecified atom stereocenters. The topological polar surface area (TPSA) is 72.7 Å². The van der Waals surface area contributed by atoms with E-state index in [1.54, 1.807) is 21.1 Å². The minimum atomic E-state index is 0.0506. The van der Waals surface area contributed by atoms with Crippen molar-refractivity contribution >= 4 is 5.91 Å². The molecular weight excluding hydrogens is 370 g/mol. The fraction of sp³-hybridized carbons (Fsp3) is 0.571. The van der Waals surface area contributed by atoms with E-state index in [1.807, 2.05) is 23.1 Å². The quantitative estimate of drug-likeness (QED) is 0.766. The van der Waals surface area contributed by atoms with Crippen molar-refractivity contribution in [1.82, 2.24) is 24.6 Å². The number of hydrogen-bond donors (Lipinski definition) is 0. The maximum absolute atomic E-state index is 12.0. The Morgan fingerprint density at radius 1 is 1.10 bits per heavy atom. The number of amides is 1. The Morgan fingerprint density at radius 2 is 1.86 bits per heavy atom. The summed E-state index contributed by atoms with van der Waals surface area (Å²) < 4.78 is 13.3. The van der Waals surface area contributed by atoms with Crippen molar-refractivity contribution in [3.63, 3.8) is 0 Å². The number of hydrogen-bond acceptors (Lipinski definition) is 6. The van der Waals surface area contributed by atoms with Crippen molar-refractivity contribution in [2.24, 2.45) is 0 Å². The molecular formula is C21H29N5O3. The molecule has 156 valence electrons. The highest BCUT2D eigenvalue weighted by Crippen LogP contribution is 2.33. The third-order valence-electron chi connectivity index (χ3n) is 6.01. The molecule has 0 radical (unpaired) electrons. The van der Waals surface area contributed by atoms with Crippen LogP contribution in [0.15, 0.2) is 18.2 Å². The summed E-state index contributed by atoms with van der Waals surface area (Å²) >= 11 is 0. The van der Waals surface area contributed by atoms with E-state index in [2.05, 4.69) is 19.7 Å². The van der Waals surface area contributed by atoms with E-state index < -0.39 is 0 Å². The number of likely N-dealkylation sites (tertiary alicyclic amines) is 1. The van der Waals surface area contributed by atoms with E-state index in [1.165, 1.54) is 0 Å². The lowest BCUT2D eigenvalue weighted by atomic mass is 10.1. The molecule has 2 aromatic rings. The molecule has 1 aromatic heterocycles. The molecule has 0 bridgehead atoms. The number of ether oxygens (including phenoxy) is 2. The lowest BCUT2D eigenvalue weighted by Gasteiger charge is -2.24. The smallest absolute Gasteiger partial charge is 0.220 e. The fourth-order valence-corrected chi connectivity index (χ4v) is 4.51. The highest BCUT2D eigenvalue weighted by atomic mass is 16.5. The fourth-order valence-electron chi connectivity index (χ4n) is 4.51. The van der Waals surface area contributed by atoms with Crippen LogP contribution in [0.3, 0.4) is 0 Å². The van der Waals surface area contributed by atoms with Crippen molar-refractivity contribution in [3.05, 3.63) is 35.4 Å². The highest BCUT2D eigenvalue weighted by molar-refractivity contribution is 5.74. The minimum Gasteiger partial charge on any atom is -0.496 e. The first-order valence-electron chi connectivity index (χ1n) is 10.2. The normalized spacial score (nSPS) is 19.7. The number of carbonyl (C=O) groups is 1. The van der Waals surface area contributed by atoms with Crippen LogP contribution in [-0.4, -0.2) is 64.3 Å². The van der Waals surface area contributed by atoms with Crippen LogP contribution in [-0.2, 0) is 24.3 Å². The van der Waals surface area contributed by atoms with Gasteiger partial charge in [0.2, 0.25) is 5.91 Å². The predicted octanol–water partition coefficient (Wildman–Crippen LogP) is 2.04. The molecule has 4 rings (SSSR count). The molecule has 0 saturated carbocycles. The molecule has 29 heavy (non-hydrogen) atoms. The third-order valence-corrected chi connectivity index (χ3v) is 6.01. The summed E-state index contributed by atoms with van der Waals surface area (Å²) in [4.78, 5) is 16.3. The SMILES string of the molecule is COc1cccc(OC)c1CN1CCc2nnc([C@@H]3CCCN3C(C)=O)n2CC1. The van der Waals surface area contributed by atoms with Crippen molar-refractivity contribution < 1.29 is 14.3 Å². The predicted molar refractivity (Wildman–Crippen MR) is 108 cm³/mol. The van der Waals surface area contributed by atoms with E-state index in [0.717, 1.165) is 80.7 Å². The van der Waals surface area contributed by atoms with Crippen LogP contribution < -0.4 is 9.47 Å². The first kappa shape index (κ1) is 19.7. The van der Waals surface area contributed by atoms with Gasteiger partial charge < -0.3 is 18.9 Å². The standard InChI is InChI=1S/C21H29N5O3/c1-15(27)25-10-5-6-17(25)21-23-22-20-9-11-24(12-13-26(20)21)14-16-18(28-2)7-4-8-19(16)29-3/h4,7-8,17H,5-6,9-14H2,1-3H3/t17-/m0/s1. The molecule has 8 heteroatoms. The summed E-state index contributed by atoms with van der Waals surface area (Å²) in [6.07, 6.45) is 2.81. The van der Waals surface area contributed by atoms with Gasteiger partial charge in [-0.1, -0.05) is 6.07 Å². The maximum Gasteiger partial charge on any atom is 0.220 e. The molecule has 2 aliphatic rings. The van der Waals surface area contributed by atoms with Crippen molar-refractivity contribution in [1.29, 1.82) is 0 Å². The minimum absolute atomic E-state index is 0.0506. The van der Waals surface area contributed by atoms with Gasteiger partial charge in [-0.15, -0.1) is 10.2 Å². The Kier molecular flexibility index (Phi) is 5.71. The van der Waals surface area contributed by atoms with Crippen molar-refractivity contribution in [3.8, 4) is 11.5 Å². The lowest BCUT2D eigenvalue weighted by molar-refractivity contribution is -0.129. The van der Waals surface area contributed by atoms with E-state index in [0.29, 0.717) is 0 Å². The Bertz CT molecular complexity index is 859. The van der Waals surface area contributed by atoms with Crippen LogP contribution in [0.1, 0.15) is 43.0 Å². The van der Waals surface area contributed by atoms with E-state index in [-0.39, 0.29) is 11.9 Å². The van der Waals surface area contributed by atoms with Gasteiger partial charge in [0.15, 0.2) is 5.82 Å². The highest BCUT2D eigenvalue weighted by Gasteiger charge is 2.33. The van der Waals surface area contributed by atoms with Crippen LogP contribution in [0.5, 0.6) is 11.5 Å². The number of methoxy groups -OCH3 is 2. The number of nitrogens with zero attached hydrogens (tertiary/aromatic N) is 5. The molecule has 1 saturated heterocycles. The average molecular weight is 399 g/mol. The van der Waals surface area contributed by atoms with Crippen LogP contribution in [0.4, 0.5) is 0 Å². The maximum atomic E-state index is 12.0. The Hall–Kier alpha value is -2.61. The van der Waals surface area contributed by atoms with Gasteiger partial charge in [0.1, 0.15) is 17.3 Å². The first-order chi connectivity index (χ1) is 14.1. The Balaban J connectivity index is 1.52. The largest absolute Gasteiger partial charge is 0.496 e. The molecule has 1 atom stereocenters. The second-order valence-corrected chi connectivity index (χ2v) is 7.66. The van der Waals surface area contributed by atoms with Crippen molar-refractivity contribution in [2.75, 3.05) is 33.9 Å². The molecule has 1 fully saturated rings. The molecule has 0 spiro atoms. The van der Waals surface area contributed by atoms with Gasteiger partial charge in [-0.2, -0.15) is 0 Å². The molecule has 0 N–H and O–H groups in total. The summed E-state index contributed by atoms with van der Waals surface area (Å²) in [7, 11) is 3.38. The van der Waals surface area contributed by atoms with E-state index >= 15 is 0 Å². The van der Waals surface area contributed by atoms with Gasteiger partial charge in [-0.05, 0) is 25.0 Å². The summed E-state index contributed by atoms with van der Waals surface area (Å²) in [6.45, 7) is 5.79. The molecule has 1 amide bonds. The average Bonchev–Trinajstić information content (AvgIpc) is 3.32. The number of aromatic nitrogens is 3. The second-order valence-electron chi connectivity index (χ2n) is 7.66. The van der Waals surface area contributed by atoms with E-state index in [4.69, 9.17) is 9.47 Å². The van der Waals surface area contributed by atoms with Gasteiger partial charge in [-0.25, -0.2) is 0 Å². The number of benzene rings is 1. The number of carbonyl (C=O) groups excluding carboxylic acids is 1. The van der Waals surface area contributed by atoms with Gasteiger partial charge in [0, 0.05) is 46.1 Å². The van der Waals surface area contributed by atoms with Crippen molar-refractivity contribution in [2.45, 2.75) is 45.3 Å². The van der Waals surface area contributed by atoms with Gasteiger partial charge >= 0.3 is 0 Å². The number of fused-ring (bicyclic) bond motifs is 1. The second kappa shape index (κ2) is 8.41. The monoisotopic (exact) mass is 399 g/mol. The zero-order valence-corrected chi connectivity index (χ0v) is 17.4. The van der Waals surface area contributed by atoms with Gasteiger partial charge in [0.25, 0.3) is 0 Å².